The topological polar surface area (TPSA) is 96.9 Å². The lowest BCUT2D eigenvalue weighted by Gasteiger charge is -2.28. The maximum absolute atomic E-state index is 12.5. The van der Waals surface area contributed by atoms with Gasteiger partial charge in [-0.1, -0.05) is 31.1 Å². The van der Waals surface area contributed by atoms with Gasteiger partial charge in [0.05, 0.1) is 12.8 Å². The third-order valence-corrected chi connectivity index (χ3v) is 3.59. The lowest BCUT2D eigenvalue weighted by Crippen LogP contribution is -2.46. The van der Waals surface area contributed by atoms with Crippen molar-refractivity contribution in [1.82, 2.24) is 0 Å². The lowest BCUT2D eigenvalue weighted by atomic mass is 9.80. The highest BCUT2D eigenvalue weighted by Crippen LogP contribution is 2.31. The first-order valence-corrected chi connectivity index (χ1v) is 6.48. The van der Waals surface area contributed by atoms with Crippen LogP contribution in [-0.2, 0) is 4.79 Å². The summed E-state index contributed by atoms with van der Waals surface area (Å²) < 4.78 is 5.19. The summed E-state index contributed by atoms with van der Waals surface area (Å²) >= 11 is 0. The van der Waals surface area contributed by atoms with Crippen LogP contribution in [0.5, 0.6) is 5.75 Å². The molecule has 0 saturated heterocycles. The standard InChI is InChI=1S/C14H21N3O3/c1-4-14(5-2,12(15)17-19)13(18)16-10-8-6-7-9-11(10)20-3/h6-9,19H,4-5H2,1-3H3,(H2,15,17)(H,16,18). The van der Waals surface area contributed by atoms with Crippen molar-refractivity contribution in [3.8, 4) is 5.75 Å². The van der Waals surface area contributed by atoms with E-state index in [1.54, 1.807) is 18.2 Å². The average Bonchev–Trinajstić information content (AvgIpc) is 2.49. The van der Waals surface area contributed by atoms with Crippen LogP contribution in [0.4, 0.5) is 5.69 Å². The molecule has 4 N–H and O–H groups in total. The molecule has 0 atom stereocenters. The van der Waals surface area contributed by atoms with Gasteiger partial charge in [-0.2, -0.15) is 0 Å². The van der Waals surface area contributed by atoms with Crippen molar-refractivity contribution in [2.75, 3.05) is 12.4 Å². The smallest absolute Gasteiger partial charge is 0.238 e. The molecule has 0 aromatic heterocycles. The minimum atomic E-state index is -1.03. The quantitative estimate of drug-likeness (QED) is 0.322. The monoisotopic (exact) mass is 279 g/mol. The van der Waals surface area contributed by atoms with Gasteiger partial charge in [0.15, 0.2) is 5.84 Å². The van der Waals surface area contributed by atoms with E-state index in [1.807, 2.05) is 19.9 Å². The number of carbonyl (C=O) groups excluding carboxylic acids is 1. The van der Waals surface area contributed by atoms with E-state index < -0.39 is 5.41 Å². The van der Waals surface area contributed by atoms with Crippen LogP contribution in [0.15, 0.2) is 29.4 Å². The van der Waals surface area contributed by atoms with Crippen LogP contribution in [0.1, 0.15) is 26.7 Å². The van der Waals surface area contributed by atoms with Crippen molar-refractivity contribution in [1.29, 1.82) is 0 Å². The summed E-state index contributed by atoms with van der Waals surface area (Å²) in [4.78, 5) is 12.5. The molecule has 0 bridgehead atoms. The number of methoxy groups -OCH3 is 1. The minimum Gasteiger partial charge on any atom is -0.495 e. The molecule has 0 fully saturated rings. The largest absolute Gasteiger partial charge is 0.495 e. The Labute approximate surface area is 118 Å². The first kappa shape index (κ1) is 15.8. The molecule has 0 radical (unpaired) electrons. The average molecular weight is 279 g/mol. The van der Waals surface area contributed by atoms with Crippen molar-refractivity contribution < 1.29 is 14.7 Å². The number of oxime groups is 1. The van der Waals surface area contributed by atoms with Crippen LogP contribution in [0.2, 0.25) is 0 Å². The highest BCUT2D eigenvalue weighted by Gasteiger charge is 2.40. The second-order valence-corrected chi connectivity index (χ2v) is 4.43. The zero-order chi connectivity index (χ0) is 15.2. The molecule has 0 spiro atoms. The Morgan fingerprint density at radius 1 is 1.40 bits per heavy atom. The number of anilines is 1. The van der Waals surface area contributed by atoms with Crippen LogP contribution in [0.3, 0.4) is 0 Å². The van der Waals surface area contributed by atoms with Crippen molar-refractivity contribution in [2.45, 2.75) is 26.7 Å². The van der Waals surface area contributed by atoms with E-state index in [4.69, 9.17) is 15.7 Å². The Morgan fingerprint density at radius 3 is 2.50 bits per heavy atom. The molecular weight excluding hydrogens is 258 g/mol. The fourth-order valence-corrected chi connectivity index (χ4v) is 2.14. The number of nitrogens with zero attached hydrogens (tertiary/aromatic N) is 1. The van der Waals surface area contributed by atoms with Crippen molar-refractivity contribution in [2.24, 2.45) is 16.3 Å². The number of carbonyl (C=O) groups is 1. The van der Waals surface area contributed by atoms with E-state index in [0.717, 1.165) is 0 Å². The maximum atomic E-state index is 12.5. The summed E-state index contributed by atoms with van der Waals surface area (Å²) in [6.07, 6.45) is 0.862. The van der Waals surface area contributed by atoms with Crippen molar-refractivity contribution >= 4 is 17.4 Å². The van der Waals surface area contributed by atoms with Gasteiger partial charge in [0, 0.05) is 0 Å². The number of benzene rings is 1. The predicted octanol–water partition coefficient (Wildman–Crippen LogP) is 2.19. The van der Waals surface area contributed by atoms with E-state index in [9.17, 15) is 4.79 Å². The van der Waals surface area contributed by atoms with Gasteiger partial charge in [-0.05, 0) is 25.0 Å². The number of hydrogen-bond acceptors (Lipinski definition) is 4. The maximum Gasteiger partial charge on any atom is 0.238 e. The Balaban J connectivity index is 3.09. The third-order valence-electron chi connectivity index (χ3n) is 3.59. The molecule has 20 heavy (non-hydrogen) atoms. The molecule has 1 aromatic rings. The van der Waals surface area contributed by atoms with E-state index in [1.165, 1.54) is 7.11 Å². The number of hydrogen-bond donors (Lipinski definition) is 3. The lowest BCUT2D eigenvalue weighted by molar-refractivity contribution is -0.122. The Morgan fingerprint density at radius 2 is 2.00 bits per heavy atom. The summed E-state index contributed by atoms with van der Waals surface area (Å²) in [5.41, 5.74) is 5.23. The van der Waals surface area contributed by atoms with Gasteiger partial charge < -0.3 is 21.0 Å². The van der Waals surface area contributed by atoms with E-state index >= 15 is 0 Å². The van der Waals surface area contributed by atoms with E-state index in [2.05, 4.69) is 10.5 Å². The number of amides is 1. The van der Waals surface area contributed by atoms with Gasteiger partial charge in [-0.25, -0.2) is 0 Å². The van der Waals surface area contributed by atoms with Crippen LogP contribution in [-0.4, -0.2) is 24.1 Å². The molecule has 0 aliphatic carbocycles. The highest BCUT2D eigenvalue weighted by molar-refractivity contribution is 6.12. The number of rotatable bonds is 6. The van der Waals surface area contributed by atoms with Crippen LogP contribution in [0.25, 0.3) is 0 Å². The summed E-state index contributed by atoms with van der Waals surface area (Å²) in [6.45, 7) is 3.65. The number of nitrogens with one attached hydrogen (secondary N) is 1. The fourth-order valence-electron chi connectivity index (χ4n) is 2.14. The SMILES string of the molecule is CCC(CC)(C(=O)Nc1ccccc1OC)C(N)=NO. The van der Waals surface area contributed by atoms with Crippen molar-refractivity contribution in [3.63, 3.8) is 0 Å². The van der Waals surface area contributed by atoms with Crippen LogP contribution < -0.4 is 15.8 Å². The number of para-hydroxylation sites is 2. The summed E-state index contributed by atoms with van der Waals surface area (Å²) in [5, 5.41) is 14.7. The second-order valence-electron chi connectivity index (χ2n) is 4.43. The minimum absolute atomic E-state index is 0.0881. The predicted molar refractivity (Wildman–Crippen MR) is 78.0 cm³/mol. The van der Waals surface area contributed by atoms with Gasteiger partial charge >= 0.3 is 0 Å². The van der Waals surface area contributed by atoms with Crippen LogP contribution >= 0.6 is 0 Å². The molecule has 110 valence electrons. The van der Waals surface area contributed by atoms with Crippen molar-refractivity contribution in [3.05, 3.63) is 24.3 Å². The molecule has 0 aliphatic heterocycles. The van der Waals surface area contributed by atoms with E-state index in [-0.39, 0.29) is 11.7 Å². The first-order valence-electron chi connectivity index (χ1n) is 6.48. The van der Waals surface area contributed by atoms with Gasteiger partial charge in [0.1, 0.15) is 11.2 Å². The molecule has 0 aliphatic rings. The van der Waals surface area contributed by atoms with Gasteiger partial charge in [-0.3, -0.25) is 4.79 Å². The normalized spacial score (nSPS) is 12.1. The van der Waals surface area contributed by atoms with Gasteiger partial charge in [-0.15, -0.1) is 0 Å². The zero-order valence-electron chi connectivity index (χ0n) is 12.0. The first-order chi connectivity index (χ1) is 9.55. The molecule has 0 unspecified atom stereocenters. The fraction of sp³-hybridized carbons (Fsp3) is 0.429. The number of nitrogens with two attached hydrogens (primary N) is 1. The number of amidine groups is 1. The summed E-state index contributed by atoms with van der Waals surface area (Å²) in [7, 11) is 1.53. The zero-order valence-corrected chi connectivity index (χ0v) is 12.0. The molecule has 6 nitrogen and oxygen atoms in total. The number of ether oxygens (including phenoxy) is 1. The van der Waals surface area contributed by atoms with Gasteiger partial charge in [0.25, 0.3) is 0 Å². The molecule has 6 heteroatoms. The van der Waals surface area contributed by atoms with Gasteiger partial charge in [0.2, 0.25) is 5.91 Å². The third kappa shape index (κ3) is 2.84. The van der Waals surface area contributed by atoms with Crippen LogP contribution in [0, 0.1) is 5.41 Å². The molecule has 1 amide bonds. The Bertz CT molecular complexity index is 496. The Hall–Kier alpha value is -2.24. The molecular formula is C14H21N3O3. The van der Waals surface area contributed by atoms with E-state index in [0.29, 0.717) is 24.3 Å². The molecule has 0 heterocycles. The highest BCUT2D eigenvalue weighted by atomic mass is 16.5. The molecule has 1 aromatic carbocycles. The molecule has 0 saturated carbocycles. The summed E-state index contributed by atoms with van der Waals surface area (Å²) in [5.74, 6) is 0.152. The molecule has 1 rings (SSSR count). The summed E-state index contributed by atoms with van der Waals surface area (Å²) in [6, 6.07) is 7.09. The second kappa shape index (κ2) is 6.79. The Kier molecular flexibility index (Phi) is 5.37.